The number of benzene rings is 2. The quantitative estimate of drug-likeness (QED) is 0.782. The van der Waals surface area contributed by atoms with E-state index in [-0.39, 0.29) is 5.91 Å². The van der Waals surface area contributed by atoms with Crippen molar-refractivity contribution in [3.05, 3.63) is 48.5 Å². The summed E-state index contributed by atoms with van der Waals surface area (Å²) in [5, 5.41) is 14.0. The first kappa shape index (κ1) is 16.6. The normalized spacial score (nSPS) is 17.1. The number of hydrogen-bond donors (Lipinski definition) is 0. The molecule has 1 heterocycles. The number of amides is 1. The Kier molecular flexibility index (Phi) is 4.74. The molecule has 1 aliphatic heterocycles. The minimum atomic E-state index is -0.754. The van der Waals surface area contributed by atoms with Gasteiger partial charge in [0, 0.05) is 6.07 Å². The number of hydrazone groups is 1. The summed E-state index contributed by atoms with van der Waals surface area (Å²) in [5.74, 6) is 0.933. The van der Waals surface area contributed by atoms with Gasteiger partial charge >= 0.3 is 0 Å². The molecular formula is C18H18N4O3. The molecule has 0 N–H and O–H groups in total. The molecule has 1 amide bonds. The molecule has 7 nitrogen and oxygen atoms in total. The summed E-state index contributed by atoms with van der Waals surface area (Å²) in [7, 11) is 3.11. The number of carbonyl (C=O) groups is 1. The van der Waals surface area contributed by atoms with E-state index in [0.29, 0.717) is 28.6 Å². The van der Waals surface area contributed by atoms with Gasteiger partial charge in [-0.3, -0.25) is 4.79 Å². The number of rotatable bonds is 5. The fourth-order valence-corrected chi connectivity index (χ4v) is 2.44. The third kappa shape index (κ3) is 3.35. The Morgan fingerprint density at radius 1 is 1.08 bits per heavy atom. The van der Waals surface area contributed by atoms with Crippen LogP contribution in [-0.4, -0.2) is 31.9 Å². The minimum Gasteiger partial charge on any atom is -0.497 e. The van der Waals surface area contributed by atoms with Crippen molar-refractivity contribution < 1.29 is 14.3 Å². The van der Waals surface area contributed by atoms with E-state index in [1.807, 2.05) is 30.3 Å². The summed E-state index contributed by atoms with van der Waals surface area (Å²) < 4.78 is 10.5. The maximum Gasteiger partial charge on any atom is 0.280 e. The summed E-state index contributed by atoms with van der Waals surface area (Å²) in [6, 6.07) is 13.7. The topological polar surface area (TPSA) is 75.8 Å². The van der Waals surface area contributed by atoms with Gasteiger partial charge in [0.15, 0.2) is 6.04 Å². The molecule has 2 aromatic carbocycles. The highest BCUT2D eigenvalue weighted by molar-refractivity contribution is 6.18. The number of carbonyl (C=O) groups excluding carboxylic acids is 1. The Morgan fingerprint density at radius 2 is 1.84 bits per heavy atom. The van der Waals surface area contributed by atoms with Crippen LogP contribution in [0.5, 0.6) is 11.5 Å². The smallest absolute Gasteiger partial charge is 0.280 e. The zero-order valence-corrected chi connectivity index (χ0v) is 14.2. The van der Waals surface area contributed by atoms with Crippen LogP contribution in [0, 0.1) is 0 Å². The number of methoxy groups -OCH3 is 2. The number of azo groups is 1. The van der Waals surface area contributed by atoms with E-state index in [4.69, 9.17) is 9.47 Å². The average Bonchev–Trinajstić information content (AvgIpc) is 2.94. The molecule has 0 saturated heterocycles. The summed E-state index contributed by atoms with van der Waals surface area (Å²) in [4.78, 5) is 12.6. The Bertz CT molecular complexity index is 833. The SMILES string of the molecule is COc1ccc(OC)c(N=N[C@@H]2C(=O)N(c3ccccc3)N=C2C)c1. The van der Waals surface area contributed by atoms with E-state index in [0.717, 1.165) is 0 Å². The van der Waals surface area contributed by atoms with Crippen LogP contribution in [0.3, 0.4) is 0 Å². The molecule has 0 aromatic heterocycles. The van der Waals surface area contributed by atoms with Gasteiger partial charge in [0.25, 0.3) is 5.91 Å². The molecule has 1 aliphatic rings. The fraction of sp³-hybridized carbons (Fsp3) is 0.222. The predicted octanol–water partition coefficient (Wildman–Crippen LogP) is 3.58. The summed E-state index contributed by atoms with van der Waals surface area (Å²) in [6.07, 6.45) is 0. The zero-order valence-electron chi connectivity index (χ0n) is 14.2. The molecule has 0 bridgehead atoms. The maximum absolute atomic E-state index is 12.6. The Labute approximate surface area is 145 Å². The second-order valence-corrected chi connectivity index (χ2v) is 5.38. The lowest BCUT2D eigenvalue weighted by molar-refractivity contribution is -0.117. The van der Waals surface area contributed by atoms with Crippen molar-refractivity contribution in [3.63, 3.8) is 0 Å². The highest BCUT2D eigenvalue weighted by Crippen LogP contribution is 2.32. The Hall–Kier alpha value is -3.22. The van der Waals surface area contributed by atoms with Crippen LogP contribution >= 0.6 is 0 Å². The van der Waals surface area contributed by atoms with Gasteiger partial charge in [-0.05, 0) is 31.2 Å². The highest BCUT2D eigenvalue weighted by atomic mass is 16.5. The standard InChI is InChI=1S/C18H18N4O3/c1-12-17(18(23)22(21-12)13-7-5-4-6-8-13)20-19-15-11-14(24-2)9-10-16(15)25-3/h4-11,17H,1-3H3/t17-/m0/s1. The van der Waals surface area contributed by atoms with Crippen LogP contribution in [0.1, 0.15) is 6.92 Å². The number of ether oxygens (including phenoxy) is 2. The van der Waals surface area contributed by atoms with Gasteiger partial charge in [-0.2, -0.15) is 20.3 Å². The van der Waals surface area contributed by atoms with Gasteiger partial charge in [-0.25, -0.2) is 0 Å². The van der Waals surface area contributed by atoms with Gasteiger partial charge in [-0.15, -0.1) is 0 Å². The molecule has 0 radical (unpaired) electrons. The van der Waals surface area contributed by atoms with Gasteiger partial charge < -0.3 is 9.47 Å². The second kappa shape index (κ2) is 7.12. The maximum atomic E-state index is 12.6. The van der Waals surface area contributed by atoms with Crippen LogP contribution < -0.4 is 14.5 Å². The first-order chi connectivity index (χ1) is 12.1. The van der Waals surface area contributed by atoms with E-state index in [9.17, 15) is 4.79 Å². The van der Waals surface area contributed by atoms with Crippen molar-refractivity contribution in [2.45, 2.75) is 13.0 Å². The predicted molar refractivity (Wildman–Crippen MR) is 94.9 cm³/mol. The van der Waals surface area contributed by atoms with Crippen molar-refractivity contribution in [2.24, 2.45) is 15.3 Å². The van der Waals surface area contributed by atoms with Gasteiger partial charge in [0.2, 0.25) is 0 Å². The molecule has 2 aromatic rings. The molecule has 0 unspecified atom stereocenters. The van der Waals surface area contributed by atoms with E-state index >= 15 is 0 Å². The van der Waals surface area contributed by atoms with E-state index in [2.05, 4.69) is 15.3 Å². The first-order valence-corrected chi connectivity index (χ1v) is 7.71. The lowest BCUT2D eigenvalue weighted by atomic mass is 10.2. The molecule has 0 saturated carbocycles. The lowest BCUT2D eigenvalue weighted by Gasteiger charge is -2.12. The van der Waals surface area contributed by atoms with E-state index in [1.165, 1.54) is 5.01 Å². The van der Waals surface area contributed by atoms with Crippen LogP contribution in [0.15, 0.2) is 63.9 Å². The Morgan fingerprint density at radius 3 is 2.52 bits per heavy atom. The highest BCUT2D eigenvalue weighted by Gasteiger charge is 2.34. The van der Waals surface area contributed by atoms with Crippen molar-refractivity contribution >= 4 is 23.0 Å². The number of anilines is 1. The lowest BCUT2D eigenvalue weighted by Crippen LogP contribution is -2.29. The van der Waals surface area contributed by atoms with Crippen LogP contribution in [0.25, 0.3) is 0 Å². The summed E-state index contributed by atoms with van der Waals surface area (Å²) >= 11 is 0. The molecule has 0 fully saturated rings. The fourth-order valence-electron chi connectivity index (χ4n) is 2.44. The van der Waals surface area contributed by atoms with Crippen molar-refractivity contribution in [2.75, 3.05) is 19.2 Å². The van der Waals surface area contributed by atoms with Crippen LogP contribution in [0.4, 0.5) is 11.4 Å². The first-order valence-electron chi connectivity index (χ1n) is 7.71. The Balaban J connectivity index is 1.85. The zero-order chi connectivity index (χ0) is 17.8. The third-order valence-electron chi connectivity index (χ3n) is 3.76. The van der Waals surface area contributed by atoms with Crippen LogP contribution in [-0.2, 0) is 4.79 Å². The third-order valence-corrected chi connectivity index (χ3v) is 3.76. The molecule has 0 aliphatic carbocycles. The molecule has 0 spiro atoms. The monoisotopic (exact) mass is 338 g/mol. The van der Waals surface area contributed by atoms with Crippen molar-refractivity contribution in [3.8, 4) is 11.5 Å². The van der Waals surface area contributed by atoms with E-state index < -0.39 is 6.04 Å². The largest absolute Gasteiger partial charge is 0.497 e. The molecule has 3 rings (SSSR count). The molecule has 25 heavy (non-hydrogen) atoms. The van der Waals surface area contributed by atoms with E-state index in [1.54, 1.807) is 39.3 Å². The minimum absolute atomic E-state index is 0.241. The number of para-hydroxylation sites is 1. The van der Waals surface area contributed by atoms with Gasteiger partial charge in [0.1, 0.15) is 17.2 Å². The molecular weight excluding hydrogens is 320 g/mol. The van der Waals surface area contributed by atoms with Crippen LogP contribution in [0.2, 0.25) is 0 Å². The number of hydrogen-bond acceptors (Lipinski definition) is 6. The van der Waals surface area contributed by atoms with Gasteiger partial charge in [0.05, 0.1) is 25.6 Å². The average molecular weight is 338 g/mol. The van der Waals surface area contributed by atoms with Crippen molar-refractivity contribution in [1.82, 2.24) is 0 Å². The molecule has 7 heteroatoms. The number of nitrogens with zero attached hydrogens (tertiary/aromatic N) is 4. The molecule has 1 atom stereocenters. The summed E-state index contributed by atoms with van der Waals surface area (Å²) in [5.41, 5.74) is 1.77. The van der Waals surface area contributed by atoms with Gasteiger partial charge in [-0.1, -0.05) is 18.2 Å². The molecule has 128 valence electrons. The second-order valence-electron chi connectivity index (χ2n) is 5.38. The summed E-state index contributed by atoms with van der Waals surface area (Å²) in [6.45, 7) is 1.76. The van der Waals surface area contributed by atoms with Crippen molar-refractivity contribution in [1.29, 1.82) is 0 Å².